The van der Waals surface area contributed by atoms with Crippen molar-refractivity contribution in [2.75, 3.05) is 10.0 Å². The van der Waals surface area contributed by atoms with Crippen molar-refractivity contribution in [3.63, 3.8) is 0 Å². The summed E-state index contributed by atoms with van der Waals surface area (Å²) in [5.74, 6) is -0.430. The third-order valence-corrected chi connectivity index (χ3v) is 5.72. The first-order valence-corrected chi connectivity index (χ1v) is 10.2. The second kappa shape index (κ2) is 8.33. The van der Waals surface area contributed by atoms with Gasteiger partial charge in [0.2, 0.25) is 11.8 Å². The van der Waals surface area contributed by atoms with E-state index < -0.39 is 20.9 Å². The Hall–Kier alpha value is -3.73. The van der Waals surface area contributed by atoms with Crippen LogP contribution in [0.1, 0.15) is 16.8 Å². The van der Waals surface area contributed by atoms with Crippen LogP contribution in [0.15, 0.2) is 57.9 Å². The molecule has 3 rings (SSSR count). The van der Waals surface area contributed by atoms with E-state index in [1.807, 2.05) is 0 Å². The number of carbonyl (C=O) groups is 1. The molecule has 11 heteroatoms. The molecule has 1 amide bonds. The first kappa shape index (κ1) is 21.0. The van der Waals surface area contributed by atoms with Gasteiger partial charge < -0.3 is 9.84 Å². The van der Waals surface area contributed by atoms with Crippen molar-refractivity contribution in [3.05, 3.63) is 75.5 Å². The highest BCUT2D eigenvalue weighted by molar-refractivity contribution is 7.92. The highest BCUT2D eigenvalue weighted by atomic mass is 32.2. The Morgan fingerprint density at radius 2 is 1.80 bits per heavy atom. The number of nitro groups is 1. The molecular weight excluding hydrogens is 412 g/mol. The molecule has 0 spiro atoms. The van der Waals surface area contributed by atoms with Gasteiger partial charge in [0, 0.05) is 22.9 Å². The summed E-state index contributed by atoms with van der Waals surface area (Å²) >= 11 is 0. The van der Waals surface area contributed by atoms with E-state index in [-0.39, 0.29) is 28.5 Å². The van der Waals surface area contributed by atoms with Crippen LogP contribution in [0.2, 0.25) is 0 Å². The van der Waals surface area contributed by atoms with Gasteiger partial charge in [-0.05, 0) is 38.1 Å². The average molecular weight is 430 g/mol. The number of carbonyl (C=O) groups excluding carboxylic acids is 1. The number of sulfonamides is 1. The van der Waals surface area contributed by atoms with Crippen LogP contribution in [-0.4, -0.2) is 24.4 Å². The maximum Gasteiger partial charge on any atom is 0.273 e. The van der Waals surface area contributed by atoms with Crippen molar-refractivity contribution in [1.29, 1.82) is 0 Å². The molecule has 0 aliphatic carbocycles. The Morgan fingerprint density at radius 3 is 2.40 bits per heavy atom. The van der Waals surface area contributed by atoms with E-state index in [9.17, 15) is 23.3 Å². The molecule has 0 fully saturated rings. The van der Waals surface area contributed by atoms with Crippen LogP contribution in [0.25, 0.3) is 0 Å². The minimum atomic E-state index is -3.90. The number of anilines is 2. The maximum absolute atomic E-state index is 12.5. The number of para-hydroxylation sites is 1. The SMILES string of the molecule is Cc1noc(NS(=O)(=O)c2ccc(NC(=O)Cc3ccccc3[N+](=O)[O-])cc2)c1C. The zero-order valence-corrected chi connectivity index (χ0v) is 16.9. The molecule has 0 aliphatic rings. The molecule has 0 bridgehead atoms. The number of rotatable bonds is 7. The zero-order valence-electron chi connectivity index (χ0n) is 16.1. The van der Waals surface area contributed by atoms with Gasteiger partial charge in [-0.3, -0.25) is 14.9 Å². The van der Waals surface area contributed by atoms with Gasteiger partial charge in [0.15, 0.2) is 0 Å². The highest BCUT2D eigenvalue weighted by Crippen LogP contribution is 2.23. The summed E-state index contributed by atoms with van der Waals surface area (Å²) in [7, 11) is -3.90. The number of nitrogens with one attached hydrogen (secondary N) is 2. The number of hydrogen-bond acceptors (Lipinski definition) is 7. The third kappa shape index (κ3) is 4.63. The molecule has 0 radical (unpaired) electrons. The quantitative estimate of drug-likeness (QED) is 0.432. The summed E-state index contributed by atoms with van der Waals surface area (Å²) in [6.07, 6.45) is -0.192. The lowest BCUT2D eigenvalue weighted by molar-refractivity contribution is -0.385. The fourth-order valence-electron chi connectivity index (χ4n) is 2.63. The summed E-state index contributed by atoms with van der Waals surface area (Å²) in [5, 5.41) is 17.3. The first-order valence-electron chi connectivity index (χ1n) is 8.75. The molecule has 0 aliphatic heterocycles. The predicted octanol–water partition coefficient (Wildman–Crippen LogP) is 3.18. The van der Waals surface area contributed by atoms with E-state index in [2.05, 4.69) is 15.2 Å². The Morgan fingerprint density at radius 1 is 1.13 bits per heavy atom. The summed E-state index contributed by atoms with van der Waals surface area (Å²) in [4.78, 5) is 22.7. The average Bonchev–Trinajstić information content (AvgIpc) is 3.00. The van der Waals surface area contributed by atoms with Crippen molar-refractivity contribution < 1.29 is 22.7 Å². The molecule has 0 atom stereocenters. The van der Waals surface area contributed by atoms with Crippen molar-refractivity contribution in [3.8, 4) is 0 Å². The van der Waals surface area contributed by atoms with Crippen LogP contribution in [0.3, 0.4) is 0 Å². The predicted molar refractivity (Wildman–Crippen MR) is 109 cm³/mol. The lowest BCUT2D eigenvalue weighted by Gasteiger charge is -2.08. The monoisotopic (exact) mass is 430 g/mol. The third-order valence-electron chi connectivity index (χ3n) is 4.37. The number of benzene rings is 2. The number of amides is 1. The standard InChI is InChI=1S/C19H18N4O6S/c1-12-13(2)21-29-19(12)22-30(27,28)16-9-7-15(8-10-16)20-18(24)11-14-5-3-4-6-17(14)23(25)26/h3-10,22H,11H2,1-2H3,(H,20,24). The van der Waals surface area contributed by atoms with Crippen molar-refractivity contribution >= 4 is 33.2 Å². The minimum absolute atomic E-state index is 0.0346. The zero-order chi connectivity index (χ0) is 21.9. The molecule has 2 aromatic carbocycles. The molecular formula is C19H18N4O6S. The molecule has 0 saturated carbocycles. The van der Waals surface area contributed by atoms with E-state index in [1.54, 1.807) is 19.9 Å². The van der Waals surface area contributed by atoms with Gasteiger partial charge >= 0.3 is 0 Å². The smallest absolute Gasteiger partial charge is 0.273 e. The van der Waals surface area contributed by atoms with E-state index in [0.717, 1.165) is 0 Å². The lowest BCUT2D eigenvalue weighted by atomic mass is 10.1. The molecule has 10 nitrogen and oxygen atoms in total. The Balaban J connectivity index is 1.69. The minimum Gasteiger partial charge on any atom is -0.337 e. The fraction of sp³-hybridized carbons (Fsp3) is 0.158. The fourth-order valence-corrected chi connectivity index (χ4v) is 3.67. The van der Waals surface area contributed by atoms with Gasteiger partial charge in [-0.15, -0.1) is 0 Å². The topological polar surface area (TPSA) is 144 Å². The van der Waals surface area contributed by atoms with E-state index in [0.29, 0.717) is 16.9 Å². The molecule has 0 saturated heterocycles. The van der Waals surface area contributed by atoms with Gasteiger partial charge in [-0.1, -0.05) is 23.4 Å². The van der Waals surface area contributed by atoms with Crippen molar-refractivity contribution in [1.82, 2.24) is 5.16 Å². The van der Waals surface area contributed by atoms with Crippen LogP contribution < -0.4 is 10.0 Å². The summed E-state index contributed by atoms with van der Waals surface area (Å²) < 4.78 is 32.3. The maximum atomic E-state index is 12.5. The Bertz CT molecular complexity index is 1200. The Kier molecular flexibility index (Phi) is 5.83. The van der Waals surface area contributed by atoms with Gasteiger partial charge in [0.05, 0.1) is 21.9 Å². The number of aryl methyl sites for hydroxylation is 1. The number of hydrogen-bond donors (Lipinski definition) is 2. The van der Waals surface area contributed by atoms with Crippen LogP contribution >= 0.6 is 0 Å². The second-order valence-electron chi connectivity index (χ2n) is 6.46. The molecule has 1 heterocycles. The van der Waals surface area contributed by atoms with Gasteiger partial charge in [-0.25, -0.2) is 13.1 Å². The van der Waals surface area contributed by atoms with Crippen LogP contribution in [-0.2, 0) is 21.2 Å². The second-order valence-corrected chi connectivity index (χ2v) is 8.15. The normalized spacial score (nSPS) is 11.1. The van der Waals surface area contributed by atoms with Crippen LogP contribution in [0, 0.1) is 24.0 Å². The number of nitro benzene ring substituents is 1. The van der Waals surface area contributed by atoms with E-state index in [4.69, 9.17) is 4.52 Å². The van der Waals surface area contributed by atoms with Crippen molar-refractivity contribution in [2.24, 2.45) is 0 Å². The molecule has 3 aromatic rings. The molecule has 2 N–H and O–H groups in total. The first-order chi connectivity index (χ1) is 14.2. The van der Waals surface area contributed by atoms with Gasteiger partial charge in [0.1, 0.15) is 0 Å². The molecule has 156 valence electrons. The summed E-state index contributed by atoms with van der Waals surface area (Å²) in [6, 6.07) is 11.4. The lowest BCUT2D eigenvalue weighted by Crippen LogP contribution is -2.16. The Labute approximate surface area is 172 Å². The van der Waals surface area contributed by atoms with Crippen molar-refractivity contribution in [2.45, 2.75) is 25.2 Å². The van der Waals surface area contributed by atoms with E-state index in [1.165, 1.54) is 42.5 Å². The highest BCUT2D eigenvalue weighted by Gasteiger charge is 2.20. The van der Waals surface area contributed by atoms with Gasteiger partial charge in [-0.2, -0.15) is 0 Å². The summed E-state index contributed by atoms with van der Waals surface area (Å²) in [6.45, 7) is 3.37. The molecule has 0 unspecified atom stereocenters. The van der Waals surface area contributed by atoms with Crippen LogP contribution in [0.5, 0.6) is 0 Å². The molecule has 1 aromatic heterocycles. The van der Waals surface area contributed by atoms with E-state index >= 15 is 0 Å². The summed E-state index contributed by atoms with van der Waals surface area (Å²) in [5.41, 5.74) is 1.64. The number of aromatic nitrogens is 1. The largest absolute Gasteiger partial charge is 0.337 e. The van der Waals surface area contributed by atoms with Crippen LogP contribution in [0.4, 0.5) is 17.3 Å². The van der Waals surface area contributed by atoms with Gasteiger partial charge in [0.25, 0.3) is 15.7 Å². The number of nitrogens with zero attached hydrogens (tertiary/aromatic N) is 2. The molecule has 30 heavy (non-hydrogen) atoms.